The molecule has 0 aliphatic carbocycles. The summed E-state index contributed by atoms with van der Waals surface area (Å²) in [6, 6.07) is 19.1. The van der Waals surface area contributed by atoms with Crippen molar-refractivity contribution in [2.75, 3.05) is 0 Å². The van der Waals surface area contributed by atoms with E-state index in [1.807, 2.05) is 67.6 Å². The Balaban J connectivity index is 0.000000431. The Hall–Kier alpha value is -2.55. The van der Waals surface area contributed by atoms with E-state index in [0.29, 0.717) is 17.2 Å². The van der Waals surface area contributed by atoms with Crippen LogP contribution >= 0.6 is 0 Å². The van der Waals surface area contributed by atoms with E-state index in [1.54, 1.807) is 11.5 Å². The Morgan fingerprint density at radius 2 is 1.31 bits per heavy atom. The second-order valence-corrected chi connectivity index (χ2v) is 6.03. The molecule has 8 heteroatoms. The molecule has 0 saturated heterocycles. The highest BCUT2D eigenvalue weighted by Gasteiger charge is 2.24. The third-order valence-electron chi connectivity index (χ3n) is 3.46. The zero-order valence-corrected chi connectivity index (χ0v) is 14.8. The van der Waals surface area contributed by atoms with E-state index < -0.39 is 10.2 Å². The van der Waals surface area contributed by atoms with Gasteiger partial charge >= 0.3 is 11.4 Å². The summed E-state index contributed by atoms with van der Waals surface area (Å²) in [5.41, 5.74) is 2.22. The summed E-state index contributed by atoms with van der Waals surface area (Å²) in [6.45, 7) is 3.63. The molecule has 26 heavy (non-hydrogen) atoms. The lowest BCUT2D eigenvalue weighted by Gasteiger charge is -2.17. The monoisotopic (exact) mass is 377 g/mol. The Morgan fingerprint density at radius 1 is 0.846 bits per heavy atom. The van der Waals surface area contributed by atoms with Crippen LogP contribution in [0.25, 0.3) is 16.8 Å². The maximum atomic E-state index is 12.9. The lowest BCUT2D eigenvalue weighted by atomic mass is 10.1. The van der Waals surface area contributed by atoms with Gasteiger partial charge in [0.05, 0.1) is 6.92 Å². The smallest absolute Gasteiger partial charge is 0.412 e. The van der Waals surface area contributed by atoms with Gasteiger partial charge in [-0.25, -0.2) is 23.4 Å². The second kappa shape index (κ2) is 8.22. The van der Waals surface area contributed by atoms with Gasteiger partial charge in [0.1, 0.15) is 11.3 Å². The van der Waals surface area contributed by atoms with Gasteiger partial charge in [-0.15, -0.1) is 10.2 Å². The van der Waals surface area contributed by atoms with Crippen LogP contribution < -0.4 is 28.8 Å². The number of hydrogen-bond acceptors (Lipinski definition) is 6. The Morgan fingerprint density at radius 3 is 1.81 bits per heavy atom. The molecular formula is C18H16ClNO6. The fourth-order valence-electron chi connectivity index (χ4n) is 2.53. The number of benzene rings is 2. The molecule has 7 nitrogen and oxygen atoms in total. The van der Waals surface area contributed by atoms with Gasteiger partial charge in [-0.3, -0.25) is 0 Å². The molecule has 3 rings (SSSR count). The van der Waals surface area contributed by atoms with Gasteiger partial charge in [-0.2, -0.15) is 0 Å². The summed E-state index contributed by atoms with van der Waals surface area (Å²) in [5, 5.41) is 0. The molecule has 0 unspecified atom stereocenters. The highest BCUT2D eigenvalue weighted by molar-refractivity contribution is 5.63. The van der Waals surface area contributed by atoms with Gasteiger partial charge in [0.15, 0.2) is 0 Å². The lowest BCUT2D eigenvalue weighted by molar-refractivity contribution is -2.00. The highest BCUT2D eigenvalue weighted by atomic mass is 35.7. The van der Waals surface area contributed by atoms with Crippen molar-refractivity contribution in [3.8, 4) is 16.8 Å². The molecule has 1 aromatic heterocycles. The molecule has 0 N–H and O–H groups in total. The number of halogens is 1. The van der Waals surface area contributed by atoms with Gasteiger partial charge in [-0.05, 0) is 12.5 Å². The highest BCUT2D eigenvalue weighted by Crippen LogP contribution is 2.19. The molecule has 0 radical (unpaired) electrons. The zero-order valence-electron chi connectivity index (χ0n) is 14.0. The number of aryl methyl sites for hydroxylation is 2. The summed E-state index contributed by atoms with van der Waals surface area (Å²) in [4.78, 5) is 12.9. The van der Waals surface area contributed by atoms with Gasteiger partial charge in [0.2, 0.25) is 5.69 Å². The largest absolute Gasteiger partial charge is 0.432 e. The summed E-state index contributed by atoms with van der Waals surface area (Å²) >= 11 is 0. The third-order valence-corrected chi connectivity index (χ3v) is 3.46. The van der Waals surface area contributed by atoms with E-state index in [1.165, 1.54) is 0 Å². The van der Waals surface area contributed by atoms with Gasteiger partial charge in [0, 0.05) is 12.1 Å². The average molecular weight is 378 g/mol. The third kappa shape index (κ3) is 5.22. The van der Waals surface area contributed by atoms with Crippen molar-refractivity contribution in [1.29, 1.82) is 0 Å². The first-order valence-corrected chi connectivity index (χ1v) is 8.71. The molecule has 1 heterocycles. The quantitative estimate of drug-likeness (QED) is 0.497. The van der Waals surface area contributed by atoms with Gasteiger partial charge in [-0.1, -0.05) is 53.1 Å². The van der Waals surface area contributed by atoms with Crippen molar-refractivity contribution in [3.63, 3.8) is 0 Å². The van der Waals surface area contributed by atoms with Crippen LogP contribution in [0.2, 0.25) is 0 Å². The van der Waals surface area contributed by atoms with E-state index in [-0.39, 0.29) is 5.56 Å². The molecule has 0 spiro atoms. The SMILES string of the molecule is Cc1oc(C)[n+](-c2ccccc2)c(=O)c1-c1ccccc1.[O-][Cl+3]([O-])([O-])[O-]. The van der Waals surface area contributed by atoms with Crippen LogP contribution in [0, 0.1) is 24.1 Å². The van der Waals surface area contributed by atoms with Crippen molar-refractivity contribution in [2.24, 2.45) is 0 Å². The maximum absolute atomic E-state index is 12.9. The standard InChI is InChI=1S/C18H16NO2.ClHO4/c1-13-17(15-9-5-3-6-10-15)18(20)19(14(2)21-13)16-11-7-4-8-12-16;2-1(3,4)5/h3-12H,1-2H3;(H,2,3,4,5)/q+1;/p-1. The zero-order chi connectivity index (χ0) is 19.3. The first-order valence-electron chi connectivity index (χ1n) is 7.47. The molecule has 2 aromatic carbocycles. The first-order chi connectivity index (χ1) is 12.2. The molecule has 0 amide bonds. The number of rotatable bonds is 2. The van der Waals surface area contributed by atoms with Gasteiger partial charge in [0.25, 0.3) is 0 Å². The van der Waals surface area contributed by atoms with Crippen LogP contribution in [0.3, 0.4) is 0 Å². The van der Waals surface area contributed by atoms with Crippen molar-refractivity contribution >= 4 is 0 Å². The Labute approximate surface area is 151 Å². The first kappa shape index (κ1) is 19.8. The van der Waals surface area contributed by atoms with Crippen molar-refractivity contribution in [3.05, 3.63) is 82.7 Å². The number of aromatic nitrogens is 1. The average Bonchev–Trinajstić information content (AvgIpc) is 2.55. The summed E-state index contributed by atoms with van der Waals surface area (Å²) < 4.78 is 41.4. The predicted octanol–water partition coefficient (Wildman–Crippen LogP) is -1.56. The predicted molar refractivity (Wildman–Crippen MR) is 81.4 cm³/mol. The minimum Gasteiger partial charge on any atom is -0.412 e. The summed E-state index contributed by atoms with van der Waals surface area (Å²) in [5.74, 6) is 1.21. The Bertz CT molecular complexity index is 847. The van der Waals surface area contributed by atoms with Crippen LogP contribution in [0.15, 0.2) is 69.9 Å². The fraction of sp³-hybridized carbons (Fsp3) is 0.111. The Kier molecular flexibility index (Phi) is 6.25. The van der Waals surface area contributed by atoms with Gasteiger partial charge < -0.3 is 4.42 Å². The van der Waals surface area contributed by atoms with Crippen LogP contribution in [0.4, 0.5) is 0 Å². The number of para-hydroxylation sites is 1. The van der Waals surface area contributed by atoms with Crippen molar-refractivity contribution in [1.82, 2.24) is 0 Å². The normalized spacial score (nSPS) is 10.8. The van der Waals surface area contributed by atoms with Crippen molar-refractivity contribution < 1.29 is 37.9 Å². The molecule has 0 atom stereocenters. The molecular weight excluding hydrogens is 362 g/mol. The van der Waals surface area contributed by atoms with Crippen LogP contribution in [-0.4, -0.2) is 0 Å². The molecule has 0 aliphatic heterocycles. The maximum Gasteiger partial charge on any atom is 0.432 e. The van der Waals surface area contributed by atoms with Crippen LogP contribution in [0.1, 0.15) is 11.7 Å². The van der Waals surface area contributed by atoms with Crippen molar-refractivity contribution in [2.45, 2.75) is 13.8 Å². The van der Waals surface area contributed by atoms with E-state index in [9.17, 15) is 4.79 Å². The molecule has 0 fully saturated rings. The molecule has 136 valence electrons. The molecule has 0 bridgehead atoms. The molecule has 3 aromatic rings. The van der Waals surface area contributed by atoms with E-state index in [0.717, 1.165) is 11.3 Å². The summed E-state index contributed by atoms with van der Waals surface area (Å²) in [6.07, 6.45) is 0. The fourth-order valence-corrected chi connectivity index (χ4v) is 2.53. The van der Waals surface area contributed by atoms with E-state index in [4.69, 9.17) is 23.1 Å². The van der Waals surface area contributed by atoms with Crippen LogP contribution in [-0.2, 0) is 0 Å². The second-order valence-electron chi connectivity index (χ2n) is 5.27. The molecule has 0 saturated carbocycles. The number of hydrogen-bond donors (Lipinski definition) is 0. The summed E-state index contributed by atoms with van der Waals surface area (Å²) in [7, 11) is -4.94. The van der Waals surface area contributed by atoms with Crippen LogP contribution in [0.5, 0.6) is 0 Å². The van der Waals surface area contributed by atoms with E-state index in [2.05, 4.69) is 0 Å². The minimum absolute atomic E-state index is 0.0614. The lowest BCUT2D eigenvalue weighted by Crippen LogP contribution is -2.68. The van der Waals surface area contributed by atoms with E-state index >= 15 is 0 Å². The number of nitrogens with zero attached hydrogens (tertiary/aromatic N) is 1. The minimum atomic E-state index is -4.94. The molecule has 0 aliphatic rings. The topological polar surface area (TPSA) is 126 Å².